The minimum atomic E-state index is -0.335. The number of piperazine rings is 1. The van der Waals surface area contributed by atoms with Gasteiger partial charge in [0.25, 0.3) is 0 Å². The molecule has 1 aromatic heterocycles. The van der Waals surface area contributed by atoms with E-state index in [1.54, 1.807) is 19.2 Å². The van der Waals surface area contributed by atoms with Gasteiger partial charge >= 0.3 is 0 Å². The Bertz CT molecular complexity index is 870. The number of hydrogen-bond donors (Lipinski definition) is 1. The number of β-amino-alcohol motifs (C(OH)–C–C–N with tert-alkyl or cyclic N) is 1. The Kier molecular flexibility index (Phi) is 9.22. The Morgan fingerprint density at radius 2 is 1.94 bits per heavy atom. The molecule has 1 saturated heterocycles. The van der Waals surface area contributed by atoms with Crippen molar-refractivity contribution in [2.24, 2.45) is 0 Å². The Hall–Kier alpha value is -1.80. The number of ether oxygens (including phenoxy) is 1. The molecule has 1 aromatic carbocycles. The van der Waals surface area contributed by atoms with Crippen molar-refractivity contribution in [3.63, 3.8) is 0 Å². The number of unbranched alkanes of at least 4 members (excludes halogenated alkanes) is 1. The van der Waals surface area contributed by atoms with Crippen molar-refractivity contribution in [2.75, 3.05) is 44.7 Å². The van der Waals surface area contributed by atoms with Crippen molar-refractivity contribution in [3.8, 4) is 0 Å². The third-order valence-electron chi connectivity index (χ3n) is 5.91. The molecule has 1 atom stereocenters. The van der Waals surface area contributed by atoms with Gasteiger partial charge in [-0.15, -0.1) is 0 Å². The fourth-order valence-electron chi connectivity index (χ4n) is 4.19. The summed E-state index contributed by atoms with van der Waals surface area (Å²) in [6.07, 6.45) is 3.00. The molecule has 1 N–H and O–H groups in total. The average molecular weight is 465 g/mol. The van der Waals surface area contributed by atoms with E-state index >= 15 is 0 Å². The number of aliphatic hydroxyl groups is 1. The van der Waals surface area contributed by atoms with Gasteiger partial charge in [-0.3, -0.25) is 4.90 Å². The molecule has 1 unspecified atom stereocenters. The monoisotopic (exact) mass is 464 g/mol. The lowest BCUT2D eigenvalue weighted by atomic mass is 10.0. The van der Waals surface area contributed by atoms with Crippen LogP contribution in [0.25, 0.3) is 0 Å². The molecule has 0 aliphatic carbocycles. The summed E-state index contributed by atoms with van der Waals surface area (Å²) < 4.78 is 20.0. The maximum atomic E-state index is 14.6. The molecule has 32 heavy (non-hydrogen) atoms. The lowest BCUT2D eigenvalue weighted by Gasteiger charge is -2.37. The van der Waals surface area contributed by atoms with E-state index in [0.29, 0.717) is 36.0 Å². The molecule has 1 fully saturated rings. The van der Waals surface area contributed by atoms with E-state index < -0.39 is 0 Å². The Labute approximate surface area is 195 Å². The summed E-state index contributed by atoms with van der Waals surface area (Å²) in [6.45, 7) is 8.26. The molecule has 176 valence electrons. The molecule has 0 radical (unpaired) electrons. The summed E-state index contributed by atoms with van der Waals surface area (Å²) in [7, 11) is 1.62. The molecule has 1 aliphatic heterocycles. The zero-order chi connectivity index (χ0) is 23.1. The Morgan fingerprint density at radius 1 is 1.19 bits per heavy atom. The highest BCUT2D eigenvalue weighted by Gasteiger charge is 2.25. The molecule has 0 bridgehead atoms. The van der Waals surface area contributed by atoms with E-state index in [9.17, 15) is 9.50 Å². The molecule has 3 rings (SSSR count). The highest BCUT2D eigenvalue weighted by atomic mass is 35.5. The number of rotatable bonds is 10. The third kappa shape index (κ3) is 6.38. The zero-order valence-electron chi connectivity index (χ0n) is 19.3. The van der Waals surface area contributed by atoms with Crippen LogP contribution >= 0.6 is 11.6 Å². The number of aryl methyl sites for hydroxylation is 1. The van der Waals surface area contributed by atoms with Crippen molar-refractivity contribution in [1.82, 2.24) is 14.9 Å². The number of hydrogen-bond acceptors (Lipinski definition) is 6. The SMILES string of the molecule is CCCCC(O)CN1CCN(c2nc(C)nc(COC)c2Cc2c(F)cccc2Cl)CC1. The maximum Gasteiger partial charge on any atom is 0.136 e. The summed E-state index contributed by atoms with van der Waals surface area (Å²) in [5.41, 5.74) is 2.05. The number of halogens is 2. The summed E-state index contributed by atoms with van der Waals surface area (Å²) >= 11 is 6.33. The first-order valence-corrected chi connectivity index (χ1v) is 11.7. The molecule has 6 nitrogen and oxygen atoms in total. The summed E-state index contributed by atoms with van der Waals surface area (Å²) in [6, 6.07) is 4.74. The normalized spacial score (nSPS) is 15.9. The lowest BCUT2D eigenvalue weighted by molar-refractivity contribution is 0.100. The smallest absolute Gasteiger partial charge is 0.136 e. The first-order chi connectivity index (χ1) is 15.4. The second kappa shape index (κ2) is 11.9. The van der Waals surface area contributed by atoms with Crippen LogP contribution in [0.15, 0.2) is 18.2 Å². The van der Waals surface area contributed by atoms with Gasteiger partial charge in [-0.25, -0.2) is 14.4 Å². The third-order valence-corrected chi connectivity index (χ3v) is 6.26. The van der Waals surface area contributed by atoms with Gasteiger partial charge in [-0.2, -0.15) is 0 Å². The van der Waals surface area contributed by atoms with Gasteiger partial charge in [0, 0.05) is 62.4 Å². The molecule has 1 aliphatic rings. The van der Waals surface area contributed by atoms with Gasteiger partial charge in [0.1, 0.15) is 17.5 Å². The maximum absolute atomic E-state index is 14.6. The number of benzene rings is 1. The first-order valence-electron chi connectivity index (χ1n) is 11.4. The number of anilines is 1. The molecular weight excluding hydrogens is 431 g/mol. The summed E-state index contributed by atoms with van der Waals surface area (Å²) in [5, 5.41) is 10.7. The topological polar surface area (TPSA) is 61.7 Å². The molecule has 8 heteroatoms. The first kappa shape index (κ1) is 24.8. The molecule has 2 heterocycles. The van der Waals surface area contributed by atoms with Crippen molar-refractivity contribution in [2.45, 2.75) is 52.2 Å². The highest BCUT2D eigenvalue weighted by Crippen LogP contribution is 2.29. The minimum Gasteiger partial charge on any atom is -0.392 e. The molecule has 2 aromatic rings. The van der Waals surface area contributed by atoms with Gasteiger partial charge in [-0.1, -0.05) is 37.4 Å². The second-order valence-electron chi connectivity index (χ2n) is 8.41. The van der Waals surface area contributed by atoms with Crippen LogP contribution in [0.2, 0.25) is 5.02 Å². The van der Waals surface area contributed by atoms with Crippen LogP contribution in [0, 0.1) is 12.7 Å². The van der Waals surface area contributed by atoms with Gasteiger partial charge in [0.15, 0.2) is 0 Å². The fourth-order valence-corrected chi connectivity index (χ4v) is 4.42. The molecule has 0 spiro atoms. The standard InChI is InChI=1S/C24H34ClFN4O2/c1-4-5-7-18(31)15-29-10-12-30(13-11-29)24-20(23(16-32-3)27-17(2)28-24)14-19-21(25)8-6-9-22(19)26/h6,8-9,18,31H,4-5,7,10-16H2,1-3H3. The van der Waals surface area contributed by atoms with Gasteiger partial charge < -0.3 is 14.7 Å². The van der Waals surface area contributed by atoms with E-state index in [-0.39, 0.29) is 11.9 Å². The van der Waals surface area contributed by atoms with Crippen LogP contribution in [0.3, 0.4) is 0 Å². The van der Waals surface area contributed by atoms with Crippen LogP contribution < -0.4 is 4.90 Å². The second-order valence-corrected chi connectivity index (χ2v) is 8.82. The van der Waals surface area contributed by atoms with Crippen LogP contribution in [0.4, 0.5) is 10.2 Å². The quantitative estimate of drug-likeness (QED) is 0.573. The van der Waals surface area contributed by atoms with Gasteiger partial charge in [0.05, 0.1) is 18.4 Å². The van der Waals surface area contributed by atoms with Crippen molar-refractivity contribution in [3.05, 3.63) is 51.7 Å². The molecule has 0 amide bonds. The van der Waals surface area contributed by atoms with E-state index in [1.807, 2.05) is 6.92 Å². The van der Waals surface area contributed by atoms with Crippen molar-refractivity contribution >= 4 is 17.4 Å². The predicted octanol–water partition coefficient (Wildman–Crippen LogP) is 3.99. The van der Waals surface area contributed by atoms with Crippen molar-refractivity contribution in [1.29, 1.82) is 0 Å². The van der Waals surface area contributed by atoms with Crippen LogP contribution in [-0.2, 0) is 17.8 Å². The van der Waals surface area contributed by atoms with Crippen LogP contribution in [-0.4, -0.2) is 65.9 Å². The highest BCUT2D eigenvalue weighted by molar-refractivity contribution is 6.31. The van der Waals surface area contributed by atoms with Gasteiger partial charge in [0.2, 0.25) is 0 Å². The average Bonchev–Trinajstić information content (AvgIpc) is 2.76. The Balaban J connectivity index is 1.82. The molecule has 0 saturated carbocycles. The number of aliphatic hydroxyl groups excluding tert-OH is 1. The van der Waals surface area contributed by atoms with Gasteiger partial charge in [-0.05, 0) is 25.5 Å². The summed E-state index contributed by atoms with van der Waals surface area (Å²) in [4.78, 5) is 13.9. The number of nitrogens with zero attached hydrogens (tertiary/aromatic N) is 4. The number of aromatic nitrogens is 2. The number of methoxy groups -OCH3 is 1. The van der Waals surface area contributed by atoms with E-state index in [0.717, 1.165) is 62.5 Å². The lowest BCUT2D eigenvalue weighted by Crippen LogP contribution is -2.49. The zero-order valence-corrected chi connectivity index (χ0v) is 20.0. The van der Waals surface area contributed by atoms with Crippen LogP contribution in [0.5, 0.6) is 0 Å². The van der Waals surface area contributed by atoms with E-state index in [1.165, 1.54) is 6.07 Å². The van der Waals surface area contributed by atoms with Crippen molar-refractivity contribution < 1.29 is 14.2 Å². The van der Waals surface area contributed by atoms with E-state index in [4.69, 9.17) is 21.3 Å². The summed E-state index contributed by atoms with van der Waals surface area (Å²) in [5.74, 6) is 1.14. The molecular formula is C24H34ClFN4O2. The van der Waals surface area contributed by atoms with Crippen LogP contribution in [0.1, 0.15) is 48.8 Å². The van der Waals surface area contributed by atoms with E-state index in [2.05, 4.69) is 21.7 Å². The predicted molar refractivity (Wildman–Crippen MR) is 126 cm³/mol. The Morgan fingerprint density at radius 3 is 2.59 bits per heavy atom. The minimum absolute atomic E-state index is 0.283. The largest absolute Gasteiger partial charge is 0.392 e. The fraction of sp³-hybridized carbons (Fsp3) is 0.583.